The molecule has 2 saturated heterocycles. The fraction of sp³-hybridized carbons (Fsp3) is 0.696. The molecule has 5 heterocycles. The first-order chi connectivity index (χ1) is 14.9. The Labute approximate surface area is 184 Å². The molecule has 0 radical (unpaired) electrons. The van der Waals surface area contributed by atoms with Crippen LogP contribution in [-0.2, 0) is 38.4 Å². The summed E-state index contributed by atoms with van der Waals surface area (Å²) in [6, 6.07) is 0. The molecule has 168 valence electrons. The van der Waals surface area contributed by atoms with Crippen molar-refractivity contribution >= 4 is 5.91 Å². The van der Waals surface area contributed by atoms with Gasteiger partial charge in [-0.2, -0.15) is 10.2 Å². The van der Waals surface area contributed by atoms with Gasteiger partial charge in [0.1, 0.15) is 0 Å². The lowest BCUT2D eigenvalue weighted by molar-refractivity contribution is -0.104. The van der Waals surface area contributed by atoms with E-state index in [4.69, 9.17) is 4.74 Å². The maximum absolute atomic E-state index is 13.0. The van der Waals surface area contributed by atoms with Gasteiger partial charge in [0, 0.05) is 75.8 Å². The van der Waals surface area contributed by atoms with Gasteiger partial charge in [0.25, 0.3) is 5.91 Å². The highest BCUT2D eigenvalue weighted by Gasteiger charge is 2.42. The third-order valence-electron chi connectivity index (χ3n) is 7.69. The van der Waals surface area contributed by atoms with E-state index in [1.54, 1.807) is 0 Å². The topological polar surface area (TPSA) is 68.4 Å². The van der Waals surface area contributed by atoms with Crippen LogP contribution in [0.15, 0.2) is 0 Å². The number of aryl methyl sites for hydroxylation is 3. The highest BCUT2D eigenvalue weighted by atomic mass is 16.5. The van der Waals surface area contributed by atoms with Crippen molar-refractivity contribution in [2.75, 3.05) is 26.2 Å². The number of piperidine rings is 1. The van der Waals surface area contributed by atoms with Gasteiger partial charge in [-0.05, 0) is 39.5 Å². The number of likely N-dealkylation sites (tertiary alicyclic amines) is 2. The number of hydrogen-bond acceptors (Lipinski definition) is 5. The van der Waals surface area contributed by atoms with Crippen molar-refractivity contribution in [1.29, 1.82) is 0 Å². The number of nitrogens with zero attached hydrogens (tertiary/aromatic N) is 6. The SMILES string of the molecule is Cc1nn(C)c(C)c1CN1CCC2(CC1)Cc1c(c(C(=O)N3CCCC3)nn1C)CO2. The average Bonchev–Trinajstić information content (AvgIpc) is 3.46. The first-order valence-corrected chi connectivity index (χ1v) is 11.6. The zero-order chi connectivity index (χ0) is 21.8. The molecule has 3 aliphatic heterocycles. The van der Waals surface area contributed by atoms with Gasteiger partial charge < -0.3 is 9.64 Å². The standard InChI is InChI=1S/C23H34N6O2/c1-16-18(17(2)26(3)24-16)14-28-11-7-23(8-12-28)13-20-19(15-31-23)21(25-27(20)4)22(30)29-9-5-6-10-29/h5-15H2,1-4H3. The third-order valence-corrected chi connectivity index (χ3v) is 7.69. The molecular formula is C23H34N6O2. The van der Waals surface area contributed by atoms with Crippen molar-refractivity contribution in [2.24, 2.45) is 14.1 Å². The molecule has 0 atom stereocenters. The van der Waals surface area contributed by atoms with E-state index in [1.807, 2.05) is 28.4 Å². The Morgan fingerprint density at radius 3 is 2.39 bits per heavy atom. The Balaban J connectivity index is 1.27. The van der Waals surface area contributed by atoms with E-state index in [-0.39, 0.29) is 11.5 Å². The van der Waals surface area contributed by atoms with E-state index >= 15 is 0 Å². The van der Waals surface area contributed by atoms with Crippen LogP contribution >= 0.6 is 0 Å². The largest absolute Gasteiger partial charge is 0.370 e. The van der Waals surface area contributed by atoms with Gasteiger partial charge in [0.15, 0.2) is 5.69 Å². The second-order valence-corrected chi connectivity index (χ2v) is 9.59. The van der Waals surface area contributed by atoms with Gasteiger partial charge in [-0.1, -0.05) is 0 Å². The summed E-state index contributed by atoms with van der Waals surface area (Å²) in [5.74, 6) is 0.0749. The minimum absolute atomic E-state index is 0.0749. The molecule has 0 unspecified atom stereocenters. The van der Waals surface area contributed by atoms with Gasteiger partial charge in [0.05, 0.1) is 17.9 Å². The monoisotopic (exact) mass is 426 g/mol. The van der Waals surface area contributed by atoms with Crippen molar-refractivity contribution in [3.63, 3.8) is 0 Å². The van der Waals surface area contributed by atoms with Crippen LogP contribution in [0.5, 0.6) is 0 Å². The zero-order valence-electron chi connectivity index (χ0n) is 19.3. The molecule has 3 aliphatic rings. The number of amides is 1. The normalized spacial score (nSPS) is 21.1. The molecule has 8 nitrogen and oxygen atoms in total. The van der Waals surface area contributed by atoms with Crippen LogP contribution in [0.1, 0.15) is 64.4 Å². The zero-order valence-corrected chi connectivity index (χ0v) is 19.3. The highest BCUT2D eigenvalue weighted by Crippen LogP contribution is 2.38. The van der Waals surface area contributed by atoms with Crippen LogP contribution in [0.3, 0.4) is 0 Å². The van der Waals surface area contributed by atoms with Crippen molar-refractivity contribution in [2.45, 2.75) is 64.7 Å². The third kappa shape index (κ3) is 3.59. The molecule has 1 amide bonds. The summed E-state index contributed by atoms with van der Waals surface area (Å²) >= 11 is 0. The molecule has 2 aromatic heterocycles. The van der Waals surface area contributed by atoms with Gasteiger partial charge >= 0.3 is 0 Å². The molecule has 2 fully saturated rings. The molecule has 31 heavy (non-hydrogen) atoms. The summed E-state index contributed by atoms with van der Waals surface area (Å²) in [6.45, 7) is 9.42. The summed E-state index contributed by atoms with van der Waals surface area (Å²) in [5.41, 5.74) is 6.39. The number of ether oxygens (including phenoxy) is 1. The van der Waals surface area contributed by atoms with Crippen LogP contribution in [0.4, 0.5) is 0 Å². The number of fused-ring (bicyclic) bond motifs is 1. The Morgan fingerprint density at radius 2 is 1.74 bits per heavy atom. The molecule has 5 rings (SSSR count). The molecule has 1 spiro atoms. The number of carbonyl (C=O) groups is 1. The Hall–Kier alpha value is -2.19. The maximum atomic E-state index is 13.0. The number of rotatable bonds is 3. The van der Waals surface area contributed by atoms with Crippen molar-refractivity contribution < 1.29 is 9.53 Å². The number of carbonyl (C=O) groups excluding carboxylic acids is 1. The summed E-state index contributed by atoms with van der Waals surface area (Å²) in [4.78, 5) is 17.4. The van der Waals surface area contributed by atoms with E-state index in [0.29, 0.717) is 12.3 Å². The highest BCUT2D eigenvalue weighted by molar-refractivity contribution is 5.94. The lowest BCUT2D eigenvalue weighted by Crippen LogP contribution is -2.49. The fourth-order valence-electron chi connectivity index (χ4n) is 5.51. The molecule has 0 N–H and O–H groups in total. The summed E-state index contributed by atoms with van der Waals surface area (Å²) in [5, 5.41) is 9.20. The second-order valence-electron chi connectivity index (χ2n) is 9.59. The van der Waals surface area contributed by atoms with Gasteiger partial charge in [-0.3, -0.25) is 19.1 Å². The molecule has 8 heteroatoms. The molecule has 0 bridgehead atoms. The minimum Gasteiger partial charge on any atom is -0.370 e. The fourth-order valence-corrected chi connectivity index (χ4v) is 5.51. The predicted molar refractivity (Wildman–Crippen MR) is 117 cm³/mol. The first kappa shape index (κ1) is 20.7. The van der Waals surface area contributed by atoms with E-state index in [1.165, 1.54) is 17.0 Å². The smallest absolute Gasteiger partial charge is 0.274 e. The van der Waals surface area contributed by atoms with Crippen LogP contribution < -0.4 is 0 Å². The van der Waals surface area contributed by atoms with E-state index in [9.17, 15) is 4.79 Å². The Morgan fingerprint density at radius 1 is 1.03 bits per heavy atom. The van der Waals surface area contributed by atoms with Crippen LogP contribution in [0.2, 0.25) is 0 Å². The van der Waals surface area contributed by atoms with E-state index < -0.39 is 0 Å². The summed E-state index contributed by atoms with van der Waals surface area (Å²) in [7, 11) is 3.99. The summed E-state index contributed by atoms with van der Waals surface area (Å²) in [6.07, 6.45) is 5.04. The maximum Gasteiger partial charge on any atom is 0.274 e. The molecule has 2 aromatic rings. The Bertz CT molecular complexity index is 992. The van der Waals surface area contributed by atoms with Gasteiger partial charge in [-0.25, -0.2) is 0 Å². The van der Waals surface area contributed by atoms with E-state index in [2.05, 4.69) is 28.9 Å². The van der Waals surface area contributed by atoms with Crippen LogP contribution in [-0.4, -0.2) is 67.0 Å². The lowest BCUT2D eigenvalue weighted by Gasteiger charge is -2.44. The van der Waals surface area contributed by atoms with Gasteiger partial charge in [-0.15, -0.1) is 0 Å². The first-order valence-electron chi connectivity index (χ1n) is 11.6. The molecule has 0 saturated carbocycles. The predicted octanol–water partition coefficient (Wildman–Crippen LogP) is 2.11. The second kappa shape index (κ2) is 7.74. The summed E-state index contributed by atoms with van der Waals surface area (Å²) < 4.78 is 10.4. The quantitative estimate of drug-likeness (QED) is 0.752. The average molecular weight is 427 g/mol. The van der Waals surface area contributed by atoms with Crippen molar-refractivity contribution in [3.8, 4) is 0 Å². The lowest BCUT2D eigenvalue weighted by atomic mass is 9.83. The number of aromatic nitrogens is 4. The van der Waals surface area contributed by atoms with Crippen molar-refractivity contribution in [3.05, 3.63) is 33.9 Å². The van der Waals surface area contributed by atoms with Gasteiger partial charge in [0.2, 0.25) is 0 Å². The van der Waals surface area contributed by atoms with Crippen molar-refractivity contribution in [1.82, 2.24) is 29.4 Å². The van der Waals surface area contributed by atoms with Crippen LogP contribution in [0, 0.1) is 13.8 Å². The van der Waals surface area contributed by atoms with E-state index in [0.717, 1.165) is 76.1 Å². The minimum atomic E-state index is -0.135. The molecule has 0 aromatic carbocycles. The Kier molecular flexibility index (Phi) is 5.17. The molecule has 0 aliphatic carbocycles. The number of hydrogen-bond donors (Lipinski definition) is 0. The molecular weight excluding hydrogens is 392 g/mol. The van der Waals surface area contributed by atoms with Crippen LogP contribution in [0.25, 0.3) is 0 Å².